The third-order valence-corrected chi connectivity index (χ3v) is 5.52. The molecule has 0 unspecified atom stereocenters. The number of nitrogens with one attached hydrogen (secondary N) is 1. The van der Waals surface area contributed by atoms with Crippen molar-refractivity contribution in [1.82, 2.24) is 9.55 Å². The van der Waals surface area contributed by atoms with Crippen molar-refractivity contribution in [3.8, 4) is 5.75 Å². The Kier molecular flexibility index (Phi) is 6.81. The average Bonchev–Trinajstić information content (AvgIpc) is 3.01. The third-order valence-electron chi connectivity index (χ3n) is 5.00. The molecule has 1 heterocycles. The lowest BCUT2D eigenvalue weighted by molar-refractivity contribution is 0.416. The summed E-state index contributed by atoms with van der Waals surface area (Å²) in [5, 5.41) is 4.70. The zero-order valence-corrected chi connectivity index (χ0v) is 19.2. The van der Waals surface area contributed by atoms with Crippen LogP contribution in [0.5, 0.6) is 5.75 Å². The first kappa shape index (κ1) is 21.6. The lowest BCUT2D eigenvalue weighted by Crippen LogP contribution is -2.25. The van der Waals surface area contributed by atoms with Gasteiger partial charge < -0.3 is 19.5 Å². The molecule has 0 atom stereocenters. The van der Waals surface area contributed by atoms with Crippen LogP contribution in [-0.4, -0.2) is 29.8 Å². The van der Waals surface area contributed by atoms with Crippen LogP contribution in [0.2, 0.25) is 10.0 Å². The Morgan fingerprint density at radius 2 is 1.83 bits per heavy atom. The van der Waals surface area contributed by atoms with Crippen molar-refractivity contribution in [2.24, 2.45) is 7.05 Å². The van der Waals surface area contributed by atoms with Gasteiger partial charge in [0.2, 0.25) is 5.95 Å². The molecule has 7 heteroatoms. The van der Waals surface area contributed by atoms with E-state index in [2.05, 4.69) is 34.7 Å². The number of nitrogens with zero attached hydrogens (tertiary/aromatic N) is 3. The number of imidazole rings is 1. The van der Waals surface area contributed by atoms with Crippen molar-refractivity contribution in [2.75, 3.05) is 30.4 Å². The summed E-state index contributed by atoms with van der Waals surface area (Å²) in [5.74, 6) is 1.37. The van der Waals surface area contributed by atoms with Gasteiger partial charge in [-0.2, -0.15) is 0 Å². The smallest absolute Gasteiger partial charge is 0.208 e. The van der Waals surface area contributed by atoms with E-state index in [1.807, 2.05) is 26.1 Å². The molecule has 0 aliphatic carbocycles. The fourth-order valence-corrected chi connectivity index (χ4v) is 4.13. The van der Waals surface area contributed by atoms with Crippen molar-refractivity contribution in [3.05, 3.63) is 39.9 Å². The Morgan fingerprint density at radius 3 is 2.45 bits per heavy atom. The van der Waals surface area contributed by atoms with Gasteiger partial charge in [-0.05, 0) is 43.5 Å². The molecule has 0 fully saturated rings. The molecule has 29 heavy (non-hydrogen) atoms. The fourth-order valence-electron chi connectivity index (χ4n) is 3.67. The summed E-state index contributed by atoms with van der Waals surface area (Å²) in [6.45, 7) is 8.36. The molecular weight excluding hydrogens is 407 g/mol. The highest BCUT2D eigenvalue weighted by molar-refractivity contribution is 6.35. The number of aromatic nitrogens is 2. The maximum Gasteiger partial charge on any atom is 0.208 e. The Bertz CT molecular complexity index is 1010. The first-order valence-electron chi connectivity index (χ1n) is 9.92. The maximum atomic E-state index is 6.52. The van der Waals surface area contributed by atoms with Gasteiger partial charge in [-0.15, -0.1) is 0 Å². The highest BCUT2D eigenvalue weighted by atomic mass is 35.5. The van der Waals surface area contributed by atoms with Gasteiger partial charge in [0.05, 0.1) is 29.0 Å². The van der Waals surface area contributed by atoms with E-state index in [1.165, 1.54) is 0 Å². The van der Waals surface area contributed by atoms with Crippen LogP contribution in [0.15, 0.2) is 24.3 Å². The van der Waals surface area contributed by atoms with Gasteiger partial charge in [0, 0.05) is 31.2 Å². The molecule has 0 aliphatic rings. The Morgan fingerprint density at radius 1 is 1.14 bits per heavy atom. The van der Waals surface area contributed by atoms with E-state index in [9.17, 15) is 0 Å². The van der Waals surface area contributed by atoms with Gasteiger partial charge in [0.1, 0.15) is 11.3 Å². The molecule has 156 valence electrons. The van der Waals surface area contributed by atoms with Crippen LogP contribution in [0.1, 0.15) is 32.3 Å². The summed E-state index contributed by atoms with van der Waals surface area (Å²) >= 11 is 12.7. The summed E-state index contributed by atoms with van der Waals surface area (Å²) in [7, 11) is 3.64. The molecule has 0 spiro atoms. The quantitative estimate of drug-likeness (QED) is 0.435. The molecule has 3 aromatic rings. The molecular formula is C22H28Cl2N4O. The first-order chi connectivity index (χ1) is 13.9. The van der Waals surface area contributed by atoms with E-state index in [0.717, 1.165) is 53.9 Å². The van der Waals surface area contributed by atoms with Crippen LogP contribution in [0.25, 0.3) is 11.0 Å². The second-order valence-corrected chi connectivity index (χ2v) is 8.01. The minimum Gasteiger partial charge on any atom is -0.495 e. The van der Waals surface area contributed by atoms with Gasteiger partial charge in [0.15, 0.2) is 0 Å². The van der Waals surface area contributed by atoms with Gasteiger partial charge in [-0.1, -0.05) is 37.0 Å². The predicted octanol–water partition coefficient (Wildman–Crippen LogP) is 6.57. The molecule has 1 N–H and O–H groups in total. The highest BCUT2D eigenvalue weighted by Gasteiger charge is 2.19. The van der Waals surface area contributed by atoms with E-state index in [0.29, 0.717) is 21.7 Å². The number of fused-ring (bicyclic) bond motifs is 1. The number of aryl methyl sites for hydroxylation is 2. The summed E-state index contributed by atoms with van der Waals surface area (Å²) in [5.41, 5.74) is 4.78. The largest absolute Gasteiger partial charge is 0.495 e. The summed E-state index contributed by atoms with van der Waals surface area (Å²) < 4.78 is 7.58. The van der Waals surface area contributed by atoms with Crippen molar-refractivity contribution in [3.63, 3.8) is 0 Å². The van der Waals surface area contributed by atoms with Crippen molar-refractivity contribution < 1.29 is 4.74 Å². The normalized spacial score (nSPS) is 11.1. The molecule has 0 saturated heterocycles. The molecule has 2 aromatic carbocycles. The predicted molar refractivity (Wildman–Crippen MR) is 125 cm³/mol. The number of halogens is 2. The molecule has 0 saturated carbocycles. The Balaban J connectivity index is 2.14. The maximum absolute atomic E-state index is 6.52. The average molecular weight is 435 g/mol. The van der Waals surface area contributed by atoms with E-state index >= 15 is 0 Å². The zero-order chi connectivity index (χ0) is 21.1. The Hall–Kier alpha value is -2.11. The summed E-state index contributed by atoms with van der Waals surface area (Å²) in [4.78, 5) is 7.22. The number of ether oxygens (including phenoxy) is 1. The van der Waals surface area contributed by atoms with Gasteiger partial charge in [-0.25, -0.2) is 4.98 Å². The van der Waals surface area contributed by atoms with Crippen LogP contribution < -0.4 is 15.0 Å². The second kappa shape index (κ2) is 9.14. The minimum atomic E-state index is 0.634. The SMILES string of the molecule is CCCN(CCC)c1ccc(Cl)c2nc(Nc3c(C)cc(Cl)cc3OC)n(C)c12. The van der Waals surface area contributed by atoms with E-state index < -0.39 is 0 Å². The fraction of sp³-hybridized carbons (Fsp3) is 0.409. The second-order valence-electron chi connectivity index (χ2n) is 7.17. The van der Waals surface area contributed by atoms with Crippen LogP contribution in [0, 0.1) is 6.92 Å². The van der Waals surface area contributed by atoms with Gasteiger partial charge in [-0.3, -0.25) is 0 Å². The molecule has 0 radical (unpaired) electrons. The van der Waals surface area contributed by atoms with Crippen LogP contribution in [-0.2, 0) is 7.05 Å². The van der Waals surface area contributed by atoms with E-state index in [4.69, 9.17) is 32.9 Å². The standard InChI is InChI=1S/C22H28Cl2N4O/c1-6-10-28(11-7-2)17-9-8-16(24)20-21(17)27(4)22(26-20)25-19-14(3)12-15(23)13-18(19)29-5/h8-9,12-13H,6-7,10-11H2,1-5H3,(H,25,26). The zero-order valence-electron chi connectivity index (χ0n) is 17.6. The summed E-state index contributed by atoms with van der Waals surface area (Å²) in [6, 6.07) is 7.72. The van der Waals surface area contributed by atoms with Crippen molar-refractivity contribution in [2.45, 2.75) is 33.6 Å². The topological polar surface area (TPSA) is 42.3 Å². The van der Waals surface area contributed by atoms with Crippen LogP contribution in [0.3, 0.4) is 0 Å². The first-order valence-corrected chi connectivity index (χ1v) is 10.7. The van der Waals surface area contributed by atoms with Gasteiger partial charge >= 0.3 is 0 Å². The lowest BCUT2D eigenvalue weighted by atomic mass is 10.2. The number of benzene rings is 2. The van der Waals surface area contributed by atoms with Crippen LogP contribution >= 0.6 is 23.2 Å². The molecule has 0 aliphatic heterocycles. The third kappa shape index (κ3) is 4.26. The highest BCUT2D eigenvalue weighted by Crippen LogP contribution is 2.38. The number of anilines is 3. The minimum absolute atomic E-state index is 0.634. The molecule has 0 bridgehead atoms. The van der Waals surface area contributed by atoms with E-state index in [1.54, 1.807) is 13.2 Å². The number of hydrogen-bond donors (Lipinski definition) is 1. The van der Waals surface area contributed by atoms with Crippen molar-refractivity contribution in [1.29, 1.82) is 0 Å². The van der Waals surface area contributed by atoms with Crippen LogP contribution in [0.4, 0.5) is 17.3 Å². The monoisotopic (exact) mass is 434 g/mol. The summed E-state index contributed by atoms with van der Waals surface area (Å²) in [6.07, 6.45) is 2.16. The molecule has 5 nitrogen and oxygen atoms in total. The van der Waals surface area contributed by atoms with E-state index in [-0.39, 0.29) is 0 Å². The lowest BCUT2D eigenvalue weighted by Gasteiger charge is -2.25. The number of methoxy groups -OCH3 is 1. The Labute approximate surface area is 182 Å². The van der Waals surface area contributed by atoms with Crippen molar-refractivity contribution >= 4 is 51.6 Å². The molecule has 1 aromatic heterocycles. The number of hydrogen-bond acceptors (Lipinski definition) is 4. The molecule has 0 amide bonds. The van der Waals surface area contributed by atoms with Gasteiger partial charge in [0.25, 0.3) is 0 Å². The molecule has 3 rings (SSSR count). The number of rotatable bonds is 8.